The first kappa shape index (κ1) is 11.7. The molecule has 1 saturated carbocycles. The van der Waals surface area contributed by atoms with E-state index in [1.807, 2.05) is 0 Å². The van der Waals surface area contributed by atoms with Gasteiger partial charge in [-0.3, -0.25) is 0 Å². The summed E-state index contributed by atoms with van der Waals surface area (Å²) in [4.78, 5) is 0.309. The van der Waals surface area contributed by atoms with E-state index in [9.17, 15) is 8.42 Å². The molecule has 0 N–H and O–H groups in total. The monoisotopic (exact) mass is 260 g/mol. The smallest absolute Gasteiger partial charge is 0.175 e. The van der Waals surface area contributed by atoms with Crippen molar-refractivity contribution in [3.8, 4) is 5.75 Å². The molecule has 2 rings (SSSR count). The molecule has 16 heavy (non-hydrogen) atoms. The van der Waals surface area contributed by atoms with E-state index in [0.717, 1.165) is 12.8 Å². The second-order valence-electron chi connectivity index (χ2n) is 4.05. The molecule has 1 aliphatic carbocycles. The average molecular weight is 261 g/mol. The van der Waals surface area contributed by atoms with Gasteiger partial charge in [0.05, 0.1) is 4.90 Å². The number of hydrogen-bond acceptors (Lipinski definition) is 3. The van der Waals surface area contributed by atoms with Gasteiger partial charge in [0.15, 0.2) is 9.84 Å². The van der Waals surface area contributed by atoms with Crippen LogP contribution in [0.25, 0.3) is 0 Å². The van der Waals surface area contributed by atoms with Crippen molar-refractivity contribution < 1.29 is 13.2 Å². The molecule has 0 aliphatic heterocycles. The topological polar surface area (TPSA) is 43.4 Å². The van der Waals surface area contributed by atoms with Crippen LogP contribution in [0.2, 0.25) is 0 Å². The fourth-order valence-electron chi connectivity index (χ4n) is 1.56. The van der Waals surface area contributed by atoms with Gasteiger partial charge in [-0.2, -0.15) is 0 Å². The maximum atomic E-state index is 11.2. The molecule has 88 valence electrons. The van der Waals surface area contributed by atoms with Gasteiger partial charge in [-0.1, -0.05) is 0 Å². The molecule has 0 radical (unpaired) electrons. The molecule has 1 fully saturated rings. The highest BCUT2D eigenvalue weighted by atomic mass is 35.5. The summed E-state index contributed by atoms with van der Waals surface area (Å²) in [6, 6.07) is 6.47. The molecule has 0 spiro atoms. The SMILES string of the molecule is CS(=O)(=O)c1ccc(OC2CC(Cl)C2)cc1. The first-order valence-corrected chi connectivity index (χ1v) is 7.39. The summed E-state index contributed by atoms with van der Waals surface area (Å²) in [5.41, 5.74) is 0. The zero-order valence-electron chi connectivity index (χ0n) is 8.89. The Morgan fingerprint density at radius 1 is 1.25 bits per heavy atom. The number of ether oxygens (including phenoxy) is 1. The van der Waals surface area contributed by atoms with Crippen molar-refractivity contribution in [1.29, 1.82) is 0 Å². The van der Waals surface area contributed by atoms with Crippen LogP contribution in [0.4, 0.5) is 0 Å². The van der Waals surface area contributed by atoms with E-state index < -0.39 is 9.84 Å². The number of hydrogen-bond donors (Lipinski definition) is 0. The Kier molecular flexibility index (Phi) is 3.13. The molecule has 1 aromatic rings. The zero-order valence-corrected chi connectivity index (χ0v) is 10.5. The van der Waals surface area contributed by atoms with Crippen molar-refractivity contribution in [1.82, 2.24) is 0 Å². The summed E-state index contributed by atoms with van der Waals surface area (Å²) in [5, 5.41) is 0.222. The third-order valence-corrected chi connectivity index (χ3v) is 4.08. The lowest BCUT2D eigenvalue weighted by Crippen LogP contribution is -2.34. The lowest BCUT2D eigenvalue weighted by atomic mass is 9.95. The van der Waals surface area contributed by atoms with Crippen molar-refractivity contribution in [2.24, 2.45) is 0 Å². The van der Waals surface area contributed by atoms with E-state index in [1.165, 1.54) is 6.26 Å². The Morgan fingerprint density at radius 2 is 1.81 bits per heavy atom. The van der Waals surface area contributed by atoms with E-state index in [0.29, 0.717) is 10.6 Å². The van der Waals surface area contributed by atoms with Gasteiger partial charge in [-0.15, -0.1) is 11.6 Å². The van der Waals surface area contributed by atoms with Gasteiger partial charge in [0, 0.05) is 24.5 Å². The van der Waals surface area contributed by atoms with Gasteiger partial charge >= 0.3 is 0 Å². The minimum absolute atomic E-state index is 0.173. The maximum Gasteiger partial charge on any atom is 0.175 e. The molecular weight excluding hydrogens is 248 g/mol. The summed E-state index contributed by atoms with van der Waals surface area (Å²) in [6.07, 6.45) is 3.07. The second kappa shape index (κ2) is 4.26. The van der Waals surface area contributed by atoms with Crippen molar-refractivity contribution >= 4 is 21.4 Å². The van der Waals surface area contributed by atoms with Gasteiger partial charge in [0.1, 0.15) is 11.9 Å². The van der Waals surface area contributed by atoms with Gasteiger partial charge < -0.3 is 4.74 Å². The molecule has 0 heterocycles. The Hall–Kier alpha value is -0.740. The Labute approximate surface area is 100 Å². The highest BCUT2D eigenvalue weighted by Gasteiger charge is 2.28. The summed E-state index contributed by atoms with van der Waals surface area (Å²) in [7, 11) is -3.13. The zero-order chi connectivity index (χ0) is 11.8. The fraction of sp³-hybridized carbons (Fsp3) is 0.455. The van der Waals surface area contributed by atoms with E-state index in [2.05, 4.69) is 0 Å². The third kappa shape index (κ3) is 2.68. The van der Waals surface area contributed by atoms with Crippen molar-refractivity contribution in [2.75, 3.05) is 6.26 Å². The Morgan fingerprint density at radius 3 is 2.25 bits per heavy atom. The quantitative estimate of drug-likeness (QED) is 0.783. The number of alkyl halides is 1. The van der Waals surface area contributed by atoms with Crippen LogP contribution in [-0.4, -0.2) is 26.2 Å². The highest BCUT2D eigenvalue weighted by molar-refractivity contribution is 7.90. The van der Waals surface area contributed by atoms with Gasteiger partial charge in [-0.25, -0.2) is 8.42 Å². The van der Waals surface area contributed by atoms with Gasteiger partial charge in [-0.05, 0) is 24.3 Å². The lowest BCUT2D eigenvalue weighted by molar-refractivity contribution is 0.124. The van der Waals surface area contributed by atoms with Crippen molar-refractivity contribution in [3.05, 3.63) is 24.3 Å². The maximum absolute atomic E-state index is 11.2. The fourth-order valence-corrected chi connectivity index (χ4v) is 2.58. The molecular formula is C11H13ClO3S. The standard InChI is InChI=1S/C11H13ClO3S/c1-16(13,14)11-4-2-9(3-5-11)15-10-6-8(12)7-10/h2-5,8,10H,6-7H2,1H3. The molecule has 1 aromatic carbocycles. The predicted octanol–water partition coefficient (Wildman–Crippen LogP) is 2.24. The third-order valence-electron chi connectivity index (χ3n) is 2.59. The normalized spacial score (nSPS) is 24.9. The predicted molar refractivity (Wildman–Crippen MR) is 62.8 cm³/mol. The Balaban J connectivity index is 2.03. The summed E-state index contributed by atoms with van der Waals surface area (Å²) in [5.74, 6) is 0.695. The molecule has 5 heteroatoms. The number of benzene rings is 1. The number of sulfone groups is 1. The van der Waals surface area contributed by atoms with Crippen molar-refractivity contribution in [2.45, 2.75) is 29.2 Å². The Bertz CT molecular complexity index is 461. The first-order chi connectivity index (χ1) is 7.45. The molecule has 0 amide bonds. The summed E-state index contributed by atoms with van der Waals surface area (Å²) < 4.78 is 28.0. The first-order valence-electron chi connectivity index (χ1n) is 5.06. The lowest BCUT2D eigenvalue weighted by Gasteiger charge is -2.31. The van der Waals surface area contributed by atoms with Crippen molar-refractivity contribution in [3.63, 3.8) is 0 Å². The molecule has 1 aliphatic rings. The van der Waals surface area contributed by atoms with Crippen LogP contribution < -0.4 is 4.74 Å². The van der Waals surface area contributed by atoms with Crippen LogP contribution in [0.5, 0.6) is 5.75 Å². The summed E-state index contributed by atoms with van der Waals surface area (Å²) in [6.45, 7) is 0. The van der Waals surface area contributed by atoms with Crippen LogP contribution in [0, 0.1) is 0 Å². The molecule has 0 atom stereocenters. The molecule has 0 aromatic heterocycles. The van der Waals surface area contributed by atoms with E-state index in [-0.39, 0.29) is 11.5 Å². The summed E-state index contributed by atoms with van der Waals surface area (Å²) >= 11 is 5.84. The molecule has 0 unspecified atom stereocenters. The minimum Gasteiger partial charge on any atom is -0.490 e. The van der Waals surface area contributed by atoms with Crippen LogP contribution in [0.1, 0.15) is 12.8 Å². The number of rotatable bonds is 3. The number of halogens is 1. The average Bonchev–Trinajstić information content (AvgIpc) is 2.15. The largest absolute Gasteiger partial charge is 0.490 e. The van der Waals surface area contributed by atoms with Crippen LogP contribution in [-0.2, 0) is 9.84 Å². The molecule has 0 saturated heterocycles. The van der Waals surface area contributed by atoms with E-state index >= 15 is 0 Å². The van der Waals surface area contributed by atoms with Crippen LogP contribution >= 0.6 is 11.6 Å². The van der Waals surface area contributed by atoms with Crippen LogP contribution in [0.3, 0.4) is 0 Å². The van der Waals surface area contributed by atoms with E-state index in [1.54, 1.807) is 24.3 Å². The van der Waals surface area contributed by atoms with Crippen LogP contribution in [0.15, 0.2) is 29.2 Å². The van der Waals surface area contributed by atoms with E-state index in [4.69, 9.17) is 16.3 Å². The van der Waals surface area contributed by atoms with Gasteiger partial charge in [0.25, 0.3) is 0 Å². The van der Waals surface area contributed by atoms with Gasteiger partial charge in [0.2, 0.25) is 0 Å². The second-order valence-corrected chi connectivity index (χ2v) is 6.69. The molecule has 0 bridgehead atoms. The minimum atomic E-state index is -3.13. The molecule has 3 nitrogen and oxygen atoms in total. The highest BCUT2D eigenvalue weighted by Crippen LogP contribution is 2.30.